The van der Waals surface area contributed by atoms with Gasteiger partial charge in [0.1, 0.15) is 0 Å². The predicted molar refractivity (Wildman–Crippen MR) is 48.9 cm³/mol. The minimum absolute atomic E-state index is 0.0819. The molecule has 0 radical (unpaired) electrons. The highest BCUT2D eigenvalue weighted by atomic mass is 16.5. The molecule has 1 aromatic heterocycles. The van der Waals surface area contributed by atoms with Crippen LogP contribution in [-0.2, 0) is 0 Å². The summed E-state index contributed by atoms with van der Waals surface area (Å²) in [7, 11) is 0. The van der Waals surface area contributed by atoms with Crippen molar-refractivity contribution in [3.8, 4) is 0 Å². The first-order valence-electron chi connectivity index (χ1n) is 4.90. The van der Waals surface area contributed by atoms with Crippen molar-refractivity contribution in [2.45, 2.75) is 25.9 Å². The number of aliphatic hydroxyl groups excluding tert-OH is 1. The van der Waals surface area contributed by atoms with E-state index in [1.165, 1.54) is 0 Å². The summed E-state index contributed by atoms with van der Waals surface area (Å²) in [5.74, 6) is 0.676. The molecule has 1 aliphatic heterocycles. The van der Waals surface area contributed by atoms with Crippen LogP contribution in [0.1, 0.15) is 18.7 Å². The molecule has 1 saturated heterocycles. The minimum Gasteiger partial charge on any atom is -0.393 e. The number of aromatic nitrogens is 2. The fourth-order valence-electron chi connectivity index (χ4n) is 2.51. The van der Waals surface area contributed by atoms with Gasteiger partial charge in [-0.2, -0.15) is 4.98 Å². The SMILES string of the molecule is Cc1noc(N2CC3(CC(O)C3)C2)n1. The molecular formula is C9H13N3O2. The van der Waals surface area contributed by atoms with Gasteiger partial charge in [-0.25, -0.2) is 0 Å². The summed E-state index contributed by atoms with van der Waals surface area (Å²) in [6.07, 6.45) is 1.77. The monoisotopic (exact) mass is 195 g/mol. The van der Waals surface area contributed by atoms with E-state index in [4.69, 9.17) is 4.52 Å². The van der Waals surface area contributed by atoms with Gasteiger partial charge in [-0.1, -0.05) is 5.16 Å². The number of anilines is 1. The zero-order valence-electron chi connectivity index (χ0n) is 8.10. The van der Waals surface area contributed by atoms with E-state index in [9.17, 15) is 5.11 Å². The summed E-state index contributed by atoms with van der Waals surface area (Å²) in [4.78, 5) is 6.24. The molecule has 3 rings (SSSR count). The number of hydrogen-bond acceptors (Lipinski definition) is 5. The van der Waals surface area contributed by atoms with Gasteiger partial charge in [0.15, 0.2) is 5.82 Å². The summed E-state index contributed by atoms with van der Waals surface area (Å²) >= 11 is 0. The standard InChI is InChI=1S/C9H13N3O2/c1-6-10-8(14-11-6)12-4-9(5-12)2-7(13)3-9/h7,13H,2-5H2,1H3. The normalized spacial score (nSPS) is 24.9. The Hall–Kier alpha value is -1.10. The van der Waals surface area contributed by atoms with E-state index in [1.54, 1.807) is 0 Å². The molecule has 1 spiro atoms. The third-order valence-corrected chi connectivity index (χ3v) is 3.18. The summed E-state index contributed by atoms with van der Waals surface area (Å²) < 4.78 is 5.06. The van der Waals surface area contributed by atoms with Crippen LogP contribution in [0.4, 0.5) is 6.01 Å². The van der Waals surface area contributed by atoms with E-state index < -0.39 is 0 Å². The zero-order valence-corrected chi connectivity index (χ0v) is 8.10. The van der Waals surface area contributed by atoms with Crippen LogP contribution < -0.4 is 4.90 Å². The van der Waals surface area contributed by atoms with Crippen molar-refractivity contribution in [2.75, 3.05) is 18.0 Å². The Morgan fingerprint density at radius 3 is 2.71 bits per heavy atom. The summed E-state index contributed by atoms with van der Waals surface area (Å²) in [6, 6.07) is 0.620. The molecule has 0 bridgehead atoms. The summed E-state index contributed by atoms with van der Waals surface area (Å²) in [5, 5.41) is 13.0. The predicted octanol–water partition coefficient (Wildman–Crippen LogP) is 0.339. The fraction of sp³-hybridized carbons (Fsp3) is 0.778. The van der Waals surface area contributed by atoms with Gasteiger partial charge in [0.05, 0.1) is 6.10 Å². The molecule has 2 aliphatic rings. The Morgan fingerprint density at radius 2 is 2.21 bits per heavy atom. The van der Waals surface area contributed by atoms with Crippen molar-refractivity contribution in [1.82, 2.24) is 10.1 Å². The maximum atomic E-state index is 9.24. The molecule has 14 heavy (non-hydrogen) atoms. The number of rotatable bonds is 1. The van der Waals surface area contributed by atoms with Gasteiger partial charge in [-0.3, -0.25) is 0 Å². The van der Waals surface area contributed by atoms with E-state index in [2.05, 4.69) is 15.0 Å². The lowest BCUT2D eigenvalue weighted by Crippen LogP contribution is -2.64. The van der Waals surface area contributed by atoms with E-state index in [1.807, 2.05) is 6.92 Å². The van der Waals surface area contributed by atoms with Crippen molar-refractivity contribution in [3.63, 3.8) is 0 Å². The number of aliphatic hydroxyl groups is 1. The summed E-state index contributed by atoms with van der Waals surface area (Å²) in [6.45, 7) is 3.72. The molecule has 5 heteroatoms. The second kappa shape index (κ2) is 2.48. The molecule has 2 fully saturated rings. The number of aryl methyl sites for hydroxylation is 1. The van der Waals surface area contributed by atoms with Crippen LogP contribution in [0.25, 0.3) is 0 Å². The first kappa shape index (κ1) is 8.23. The van der Waals surface area contributed by atoms with E-state index in [0.29, 0.717) is 17.3 Å². The van der Waals surface area contributed by atoms with Gasteiger partial charge in [0.2, 0.25) is 0 Å². The van der Waals surface area contributed by atoms with Crippen LogP contribution in [0.3, 0.4) is 0 Å². The van der Waals surface area contributed by atoms with Crippen molar-refractivity contribution < 1.29 is 9.63 Å². The first-order valence-corrected chi connectivity index (χ1v) is 4.90. The Bertz CT molecular complexity index is 349. The fourth-order valence-corrected chi connectivity index (χ4v) is 2.51. The molecular weight excluding hydrogens is 182 g/mol. The Morgan fingerprint density at radius 1 is 1.50 bits per heavy atom. The molecule has 0 aromatic carbocycles. The third-order valence-electron chi connectivity index (χ3n) is 3.18. The smallest absolute Gasteiger partial charge is 0.324 e. The molecule has 0 amide bonds. The van der Waals surface area contributed by atoms with Gasteiger partial charge in [-0.05, 0) is 19.8 Å². The van der Waals surface area contributed by atoms with Gasteiger partial charge < -0.3 is 14.5 Å². The first-order chi connectivity index (χ1) is 6.67. The lowest BCUT2D eigenvalue weighted by Gasteiger charge is -2.57. The Kier molecular flexibility index (Phi) is 1.45. The Labute approximate surface area is 81.7 Å². The molecule has 76 valence electrons. The van der Waals surface area contributed by atoms with Gasteiger partial charge in [-0.15, -0.1) is 0 Å². The number of hydrogen-bond donors (Lipinski definition) is 1. The highest BCUT2D eigenvalue weighted by Gasteiger charge is 2.53. The lowest BCUT2D eigenvalue weighted by molar-refractivity contribution is -0.0510. The maximum absolute atomic E-state index is 9.24. The van der Waals surface area contributed by atoms with Gasteiger partial charge in [0, 0.05) is 18.5 Å². The third kappa shape index (κ3) is 1.05. The van der Waals surface area contributed by atoms with Crippen LogP contribution in [0.5, 0.6) is 0 Å². The quantitative estimate of drug-likeness (QED) is 0.700. The minimum atomic E-state index is -0.0819. The van der Waals surface area contributed by atoms with Crippen LogP contribution in [0.2, 0.25) is 0 Å². The van der Waals surface area contributed by atoms with E-state index >= 15 is 0 Å². The van der Waals surface area contributed by atoms with Crippen LogP contribution in [0.15, 0.2) is 4.52 Å². The Balaban J connectivity index is 1.65. The largest absolute Gasteiger partial charge is 0.393 e. The van der Waals surface area contributed by atoms with Gasteiger partial charge >= 0.3 is 6.01 Å². The molecule has 0 unspecified atom stereocenters. The van der Waals surface area contributed by atoms with Crippen LogP contribution in [-0.4, -0.2) is 34.4 Å². The molecule has 2 heterocycles. The van der Waals surface area contributed by atoms with E-state index in [0.717, 1.165) is 25.9 Å². The number of nitrogens with zero attached hydrogens (tertiary/aromatic N) is 3. The van der Waals surface area contributed by atoms with Crippen LogP contribution >= 0.6 is 0 Å². The second-order valence-corrected chi connectivity index (χ2v) is 4.54. The lowest BCUT2D eigenvalue weighted by atomic mass is 9.62. The highest BCUT2D eigenvalue weighted by Crippen LogP contribution is 2.49. The molecule has 1 N–H and O–H groups in total. The second-order valence-electron chi connectivity index (χ2n) is 4.54. The molecule has 1 saturated carbocycles. The maximum Gasteiger partial charge on any atom is 0.324 e. The van der Waals surface area contributed by atoms with Crippen LogP contribution in [0, 0.1) is 12.3 Å². The van der Waals surface area contributed by atoms with Crippen molar-refractivity contribution in [2.24, 2.45) is 5.41 Å². The van der Waals surface area contributed by atoms with Crippen molar-refractivity contribution >= 4 is 6.01 Å². The zero-order chi connectivity index (χ0) is 9.76. The topological polar surface area (TPSA) is 62.4 Å². The van der Waals surface area contributed by atoms with E-state index in [-0.39, 0.29) is 6.10 Å². The van der Waals surface area contributed by atoms with Crippen molar-refractivity contribution in [3.05, 3.63) is 5.82 Å². The highest BCUT2D eigenvalue weighted by molar-refractivity contribution is 5.34. The molecule has 1 aromatic rings. The van der Waals surface area contributed by atoms with Crippen molar-refractivity contribution in [1.29, 1.82) is 0 Å². The molecule has 5 nitrogen and oxygen atoms in total. The summed E-state index contributed by atoms with van der Waals surface area (Å²) in [5.41, 5.74) is 0.349. The molecule has 1 aliphatic carbocycles. The average Bonchev–Trinajstić information content (AvgIpc) is 2.41. The average molecular weight is 195 g/mol. The molecule has 0 atom stereocenters. The van der Waals surface area contributed by atoms with Gasteiger partial charge in [0.25, 0.3) is 0 Å².